The molecule has 0 N–H and O–H groups in total. The number of methoxy groups -OCH3 is 2. The largest absolute Gasteiger partial charge is 0.496 e. The molecule has 0 radical (unpaired) electrons. The molecule has 23 heavy (non-hydrogen) atoms. The summed E-state index contributed by atoms with van der Waals surface area (Å²) in [5, 5.41) is 0. The van der Waals surface area contributed by atoms with E-state index in [1.165, 1.54) is 0 Å². The number of ether oxygens (including phenoxy) is 4. The third-order valence-corrected chi connectivity index (χ3v) is 4.63. The van der Waals surface area contributed by atoms with Crippen molar-refractivity contribution in [2.24, 2.45) is 0 Å². The third kappa shape index (κ3) is 3.01. The van der Waals surface area contributed by atoms with Crippen LogP contribution in [0.5, 0.6) is 11.5 Å². The topological polar surface area (TPSA) is 57.2 Å². The van der Waals surface area contributed by atoms with Crippen LogP contribution in [0.2, 0.25) is 0 Å². The Hall–Kier alpha value is -1.79. The summed E-state index contributed by atoms with van der Waals surface area (Å²) in [6.45, 7) is 4.43. The zero-order valence-corrected chi connectivity index (χ0v) is 13.9. The molecule has 6 nitrogen and oxygen atoms in total. The molecule has 126 valence electrons. The average molecular weight is 321 g/mol. The second-order valence-corrected chi connectivity index (χ2v) is 5.91. The van der Waals surface area contributed by atoms with E-state index in [-0.39, 0.29) is 5.91 Å². The Morgan fingerprint density at radius 2 is 1.61 bits per heavy atom. The van der Waals surface area contributed by atoms with Gasteiger partial charge in [-0.3, -0.25) is 4.79 Å². The molecule has 0 unspecified atom stereocenters. The van der Waals surface area contributed by atoms with Gasteiger partial charge in [-0.1, -0.05) is 0 Å². The van der Waals surface area contributed by atoms with Gasteiger partial charge in [0.25, 0.3) is 5.91 Å². The number of likely N-dealkylation sites (tertiary alicyclic amines) is 1. The van der Waals surface area contributed by atoms with Gasteiger partial charge in [-0.15, -0.1) is 0 Å². The maximum Gasteiger partial charge on any atom is 0.254 e. The highest BCUT2D eigenvalue weighted by Crippen LogP contribution is 2.33. The number of amides is 1. The van der Waals surface area contributed by atoms with Crippen LogP contribution in [-0.2, 0) is 9.47 Å². The fourth-order valence-electron chi connectivity index (χ4n) is 3.23. The highest BCUT2D eigenvalue weighted by atomic mass is 16.7. The molecule has 0 atom stereocenters. The fourth-order valence-corrected chi connectivity index (χ4v) is 3.23. The Morgan fingerprint density at radius 1 is 1.09 bits per heavy atom. The molecule has 2 fully saturated rings. The lowest BCUT2D eigenvalue weighted by atomic mass is 10.0. The summed E-state index contributed by atoms with van der Waals surface area (Å²) in [5.74, 6) is 0.820. The van der Waals surface area contributed by atoms with Crippen molar-refractivity contribution in [3.05, 3.63) is 23.3 Å². The van der Waals surface area contributed by atoms with E-state index in [1.807, 2.05) is 11.8 Å². The average Bonchev–Trinajstić information content (AvgIpc) is 3.03. The third-order valence-electron chi connectivity index (χ3n) is 4.63. The van der Waals surface area contributed by atoms with Gasteiger partial charge in [0.2, 0.25) is 0 Å². The van der Waals surface area contributed by atoms with Gasteiger partial charge in [0.1, 0.15) is 11.5 Å². The van der Waals surface area contributed by atoms with Crippen LogP contribution in [0.25, 0.3) is 0 Å². The van der Waals surface area contributed by atoms with Crippen LogP contribution in [-0.4, -0.2) is 57.1 Å². The van der Waals surface area contributed by atoms with Crippen molar-refractivity contribution in [1.29, 1.82) is 0 Å². The minimum Gasteiger partial charge on any atom is -0.496 e. The van der Waals surface area contributed by atoms with E-state index >= 15 is 0 Å². The SMILES string of the molecule is COc1cc(C(=O)N2CCC3(CC2)OCCO3)cc(OC)c1C. The van der Waals surface area contributed by atoms with Gasteiger partial charge in [-0.25, -0.2) is 0 Å². The zero-order chi connectivity index (χ0) is 16.4. The van der Waals surface area contributed by atoms with Crippen molar-refractivity contribution in [1.82, 2.24) is 4.90 Å². The Labute approximate surface area is 136 Å². The van der Waals surface area contributed by atoms with Gasteiger partial charge in [0.15, 0.2) is 5.79 Å². The molecule has 0 saturated carbocycles. The summed E-state index contributed by atoms with van der Waals surface area (Å²) < 4.78 is 22.1. The summed E-state index contributed by atoms with van der Waals surface area (Å²) in [7, 11) is 3.19. The second kappa shape index (κ2) is 6.37. The highest BCUT2D eigenvalue weighted by Gasteiger charge is 2.40. The number of carbonyl (C=O) groups is 1. The number of rotatable bonds is 3. The number of benzene rings is 1. The molecule has 1 spiro atoms. The van der Waals surface area contributed by atoms with Gasteiger partial charge < -0.3 is 23.8 Å². The van der Waals surface area contributed by atoms with Crippen molar-refractivity contribution in [3.63, 3.8) is 0 Å². The van der Waals surface area contributed by atoms with Gasteiger partial charge >= 0.3 is 0 Å². The molecule has 2 heterocycles. The molecule has 0 aliphatic carbocycles. The minimum atomic E-state index is -0.473. The standard InChI is InChI=1S/C17H23NO5/c1-12-14(20-2)10-13(11-15(12)21-3)16(19)18-6-4-17(5-7-18)22-8-9-23-17/h10-11H,4-9H2,1-3H3. The molecule has 1 aromatic carbocycles. The van der Waals surface area contributed by atoms with Crippen molar-refractivity contribution in [2.75, 3.05) is 40.5 Å². The Kier molecular flexibility index (Phi) is 4.46. The van der Waals surface area contributed by atoms with Crippen LogP contribution in [0.4, 0.5) is 0 Å². The molecule has 0 bridgehead atoms. The first-order chi connectivity index (χ1) is 11.1. The van der Waals surface area contributed by atoms with E-state index < -0.39 is 5.79 Å². The summed E-state index contributed by atoms with van der Waals surface area (Å²) in [6.07, 6.45) is 1.41. The molecule has 1 aromatic rings. The predicted molar refractivity (Wildman–Crippen MR) is 84.1 cm³/mol. The van der Waals surface area contributed by atoms with E-state index in [0.717, 1.165) is 5.56 Å². The summed E-state index contributed by atoms with van der Waals surface area (Å²) in [5.41, 5.74) is 1.46. The van der Waals surface area contributed by atoms with E-state index in [1.54, 1.807) is 26.4 Å². The minimum absolute atomic E-state index is 0.0190. The predicted octanol–water partition coefficient (Wildman–Crippen LogP) is 1.99. The Balaban J connectivity index is 1.76. The van der Waals surface area contributed by atoms with E-state index in [0.29, 0.717) is 56.2 Å². The monoisotopic (exact) mass is 321 g/mol. The molecular formula is C17H23NO5. The molecule has 0 aromatic heterocycles. The second-order valence-electron chi connectivity index (χ2n) is 5.91. The normalized spacial score (nSPS) is 19.9. The summed E-state index contributed by atoms with van der Waals surface area (Å²) in [4.78, 5) is 14.6. The van der Waals surface area contributed by atoms with Crippen LogP contribution < -0.4 is 9.47 Å². The molecule has 2 saturated heterocycles. The van der Waals surface area contributed by atoms with Crippen LogP contribution in [0, 0.1) is 6.92 Å². The number of carbonyl (C=O) groups excluding carboxylic acids is 1. The van der Waals surface area contributed by atoms with E-state index in [4.69, 9.17) is 18.9 Å². The molecule has 3 rings (SSSR count). The van der Waals surface area contributed by atoms with Gasteiger partial charge in [-0.2, -0.15) is 0 Å². The lowest BCUT2D eigenvalue weighted by Crippen LogP contribution is -2.47. The smallest absolute Gasteiger partial charge is 0.254 e. The molecule has 2 aliphatic heterocycles. The van der Waals surface area contributed by atoms with Crippen molar-refractivity contribution in [2.45, 2.75) is 25.6 Å². The number of hydrogen-bond donors (Lipinski definition) is 0. The first-order valence-electron chi connectivity index (χ1n) is 7.88. The number of nitrogens with zero attached hydrogens (tertiary/aromatic N) is 1. The van der Waals surface area contributed by atoms with E-state index in [9.17, 15) is 4.79 Å². The van der Waals surface area contributed by atoms with Crippen molar-refractivity contribution >= 4 is 5.91 Å². The summed E-state index contributed by atoms with van der Waals surface area (Å²) >= 11 is 0. The van der Waals surface area contributed by atoms with Gasteiger partial charge in [-0.05, 0) is 19.1 Å². The maximum absolute atomic E-state index is 12.8. The quantitative estimate of drug-likeness (QED) is 0.852. The van der Waals surface area contributed by atoms with Crippen LogP contribution in [0.3, 0.4) is 0 Å². The lowest BCUT2D eigenvalue weighted by molar-refractivity contribution is -0.181. The first kappa shape index (κ1) is 16.1. The van der Waals surface area contributed by atoms with Crippen LogP contribution in [0.1, 0.15) is 28.8 Å². The number of piperidine rings is 1. The van der Waals surface area contributed by atoms with Gasteiger partial charge in [0.05, 0.1) is 27.4 Å². The Bertz CT molecular complexity index is 560. The van der Waals surface area contributed by atoms with Crippen molar-refractivity contribution in [3.8, 4) is 11.5 Å². The highest BCUT2D eigenvalue weighted by molar-refractivity contribution is 5.95. The van der Waals surface area contributed by atoms with Crippen LogP contribution in [0.15, 0.2) is 12.1 Å². The number of hydrogen-bond acceptors (Lipinski definition) is 5. The summed E-state index contributed by atoms with van der Waals surface area (Å²) in [6, 6.07) is 3.54. The van der Waals surface area contributed by atoms with Crippen molar-refractivity contribution < 1.29 is 23.7 Å². The van der Waals surface area contributed by atoms with E-state index in [2.05, 4.69) is 0 Å². The zero-order valence-electron chi connectivity index (χ0n) is 13.9. The lowest BCUT2D eigenvalue weighted by Gasteiger charge is -2.37. The fraction of sp³-hybridized carbons (Fsp3) is 0.588. The molecule has 2 aliphatic rings. The molecule has 1 amide bonds. The van der Waals surface area contributed by atoms with Gasteiger partial charge in [0, 0.05) is 37.1 Å². The maximum atomic E-state index is 12.8. The Morgan fingerprint density at radius 3 is 2.09 bits per heavy atom. The molecule has 6 heteroatoms. The first-order valence-corrected chi connectivity index (χ1v) is 7.88. The van der Waals surface area contributed by atoms with Crippen LogP contribution >= 0.6 is 0 Å². The molecular weight excluding hydrogens is 298 g/mol.